The van der Waals surface area contributed by atoms with Gasteiger partial charge in [0.1, 0.15) is 5.75 Å². The number of hydrogen-bond acceptors (Lipinski definition) is 5. The van der Waals surface area contributed by atoms with E-state index < -0.39 is 11.0 Å². The molecule has 0 unspecified atom stereocenters. The standard InChI is InChI=1S/C18H13NO4S/c1-23-14-9-7-12(8-10-14)15(20)11-16-19(17(21)18(22)24-16)13-5-3-2-4-6-13/h2-11H,1H3. The first kappa shape index (κ1) is 16.0. The van der Waals surface area contributed by atoms with Gasteiger partial charge in [-0.15, -0.1) is 0 Å². The lowest BCUT2D eigenvalue weighted by Gasteiger charge is -2.15. The minimum Gasteiger partial charge on any atom is -0.497 e. The first-order valence-corrected chi connectivity index (χ1v) is 7.93. The van der Waals surface area contributed by atoms with Crippen LogP contribution < -0.4 is 9.64 Å². The van der Waals surface area contributed by atoms with Crippen LogP contribution in [-0.4, -0.2) is 23.9 Å². The first-order chi connectivity index (χ1) is 11.6. The van der Waals surface area contributed by atoms with Gasteiger partial charge in [-0.1, -0.05) is 18.2 Å². The van der Waals surface area contributed by atoms with E-state index in [0.717, 1.165) is 11.8 Å². The van der Waals surface area contributed by atoms with Gasteiger partial charge in [-0.3, -0.25) is 19.3 Å². The Morgan fingerprint density at radius 3 is 2.33 bits per heavy atom. The molecule has 0 radical (unpaired) electrons. The van der Waals surface area contributed by atoms with Gasteiger partial charge in [0.05, 0.1) is 12.1 Å². The molecule has 0 saturated carbocycles. The number of carbonyl (C=O) groups is 3. The van der Waals surface area contributed by atoms with Gasteiger partial charge < -0.3 is 4.74 Å². The van der Waals surface area contributed by atoms with E-state index in [9.17, 15) is 14.4 Å². The van der Waals surface area contributed by atoms with Crippen molar-refractivity contribution in [3.8, 4) is 5.75 Å². The van der Waals surface area contributed by atoms with E-state index in [-0.39, 0.29) is 5.78 Å². The van der Waals surface area contributed by atoms with Crippen LogP contribution in [0.4, 0.5) is 5.69 Å². The molecule has 1 aliphatic rings. The van der Waals surface area contributed by atoms with E-state index in [0.29, 0.717) is 22.0 Å². The van der Waals surface area contributed by atoms with Crippen LogP contribution in [0.1, 0.15) is 10.4 Å². The summed E-state index contributed by atoms with van der Waals surface area (Å²) in [6, 6.07) is 15.4. The Hall–Kier alpha value is -2.86. The topological polar surface area (TPSA) is 63.7 Å². The molecule has 0 bridgehead atoms. The lowest BCUT2D eigenvalue weighted by molar-refractivity contribution is -0.130. The molecule has 0 aliphatic carbocycles. The monoisotopic (exact) mass is 339 g/mol. The predicted octanol–water partition coefficient (Wildman–Crippen LogP) is 3.03. The SMILES string of the molecule is COc1ccc(C(=O)C=C2SC(=O)C(=O)N2c2ccccc2)cc1. The summed E-state index contributed by atoms with van der Waals surface area (Å²) in [7, 11) is 1.54. The van der Waals surface area contributed by atoms with Crippen LogP contribution in [0.5, 0.6) is 5.75 Å². The van der Waals surface area contributed by atoms with E-state index in [2.05, 4.69) is 0 Å². The highest BCUT2D eigenvalue weighted by atomic mass is 32.2. The highest BCUT2D eigenvalue weighted by Crippen LogP contribution is 2.35. The number of carbonyl (C=O) groups excluding carboxylic acids is 3. The number of anilines is 1. The Labute approximate surface area is 142 Å². The summed E-state index contributed by atoms with van der Waals surface area (Å²) in [5.74, 6) is -0.297. The highest BCUT2D eigenvalue weighted by molar-refractivity contribution is 8.19. The van der Waals surface area contributed by atoms with Crippen LogP contribution in [0.25, 0.3) is 0 Å². The zero-order chi connectivity index (χ0) is 17.1. The average Bonchev–Trinajstić information content (AvgIpc) is 2.89. The van der Waals surface area contributed by atoms with Gasteiger partial charge >= 0.3 is 5.91 Å². The molecule has 1 saturated heterocycles. The molecule has 6 heteroatoms. The summed E-state index contributed by atoms with van der Waals surface area (Å²) >= 11 is 0.760. The zero-order valence-corrected chi connectivity index (χ0v) is 13.6. The molecule has 3 rings (SSSR count). The lowest BCUT2D eigenvalue weighted by Crippen LogP contribution is -2.26. The molecule has 2 aromatic rings. The third-order valence-electron chi connectivity index (χ3n) is 3.44. The fourth-order valence-electron chi connectivity index (χ4n) is 2.24. The Bertz CT molecular complexity index is 828. The molecule has 1 fully saturated rings. The van der Waals surface area contributed by atoms with Gasteiger partial charge in [-0.05, 0) is 48.2 Å². The van der Waals surface area contributed by atoms with Gasteiger partial charge in [-0.25, -0.2) is 0 Å². The molecule has 1 amide bonds. The Balaban J connectivity index is 1.93. The molecular formula is C18H13NO4S. The number of amides is 1. The predicted molar refractivity (Wildman–Crippen MR) is 91.9 cm³/mol. The second kappa shape index (κ2) is 6.72. The van der Waals surface area contributed by atoms with Crippen molar-refractivity contribution in [3.05, 3.63) is 71.3 Å². The molecule has 2 aromatic carbocycles. The second-order valence-electron chi connectivity index (χ2n) is 4.94. The van der Waals surface area contributed by atoms with Gasteiger partial charge in [0.2, 0.25) is 0 Å². The number of ether oxygens (including phenoxy) is 1. The molecule has 0 aromatic heterocycles. The minimum atomic E-state index is -0.653. The van der Waals surface area contributed by atoms with Crippen LogP contribution in [0, 0.1) is 0 Å². The van der Waals surface area contributed by atoms with E-state index in [4.69, 9.17) is 4.74 Å². The number of rotatable bonds is 4. The van der Waals surface area contributed by atoms with Crippen molar-refractivity contribution in [2.45, 2.75) is 0 Å². The van der Waals surface area contributed by atoms with Crippen LogP contribution in [0.2, 0.25) is 0 Å². The molecule has 1 heterocycles. The average molecular weight is 339 g/mol. The molecule has 5 nitrogen and oxygen atoms in total. The summed E-state index contributed by atoms with van der Waals surface area (Å²) in [5, 5.41) is -0.301. The Kier molecular flexibility index (Phi) is 4.48. The van der Waals surface area contributed by atoms with Crippen molar-refractivity contribution in [2.24, 2.45) is 0 Å². The first-order valence-electron chi connectivity index (χ1n) is 7.11. The number of thioether (sulfide) groups is 1. The molecule has 0 N–H and O–H groups in total. The van der Waals surface area contributed by atoms with Crippen molar-refractivity contribution in [1.82, 2.24) is 0 Å². The van der Waals surface area contributed by atoms with Gasteiger partial charge in [0.25, 0.3) is 5.12 Å². The van der Waals surface area contributed by atoms with E-state index in [1.165, 1.54) is 11.0 Å². The zero-order valence-electron chi connectivity index (χ0n) is 12.8. The van der Waals surface area contributed by atoms with E-state index >= 15 is 0 Å². The third-order valence-corrected chi connectivity index (χ3v) is 4.31. The van der Waals surface area contributed by atoms with Crippen LogP contribution in [-0.2, 0) is 9.59 Å². The fourth-order valence-corrected chi connectivity index (χ4v) is 3.06. The summed E-state index contributed by atoms with van der Waals surface area (Å²) in [4.78, 5) is 37.5. The van der Waals surface area contributed by atoms with Crippen molar-refractivity contribution in [2.75, 3.05) is 12.0 Å². The highest BCUT2D eigenvalue weighted by Gasteiger charge is 2.36. The normalized spacial score (nSPS) is 15.9. The summed E-state index contributed by atoms with van der Waals surface area (Å²) < 4.78 is 5.06. The van der Waals surface area contributed by atoms with Gasteiger partial charge in [0.15, 0.2) is 5.78 Å². The lowest BCUT2D eigenvalue weighted by atomic mass is 10.1. The number of hydrogen-bond donors (Lipinski definition) is 0. The maximum atomic E-state index is 12.4. The number of nitrogens with zero attached hydrogens (tertiary/aromatic N) is 1. The number of allylic oxidation sites excluding steroid dienone is 1. The number of ketones is 1. The van der Waals surface area contributed by atoms with Crippen molar-refractivity contribution in [3.63, 3.8) is 0 Å². The molecule has 24 heavy (non-hydrogen) atoms. The van der Waals surface area contributed by atoms with E-state index in [1.807, 2.05) is 6.07 Å². The van der Waals surface area contributed by atoms with Crippen LogP contribution >= 0.6 is 11.8 Å². The van der Waals surface area contributed by atoms with E-state index in [1.54, 1.807) is 55.6 Å². The van der Waals surface area contributed by atoms with Crippen molar-refractivity contribution < 1.29 is 19.1 Å². The van der Waals surface area contributed by atoms with Crippen LogP contribution in [0.15, 0.2) is 65.7 Å². The maximum absolute atomic E-state index is 12.4. The number of para-hydroxylation sites is 1. The molecular weight excluding hydrogens is 326 g/mol. The minimum absolute atomic E-state index is 0.288. The number of benzene rings is 2. The molecule has 1 aliphatic heterocycles. The van der Waals surface area contributed by atoms with Gasteiger partial charge in [0, 0.05) is 17.3 Å². The fraction of sp³-hybridized carbons (Fsp3) is 0.0556. The van der Waals surface area contributed by atoms with Gasteiger partial charge in [-0.2, -0.15) is 0 Å². The quantitative estimate of drug-likeness (QED) is 0.487. The molecule has 120 valence electrons. The van der Waals surface area contributed by atoms with Crippen molar-refractivity contribution >= 4 is 34.3 Å². The molecule has 0 spiro atoms. The maximum Gasteiger partial charge on any atom is 0.310 e. The summed E-state index contributed by atoms with van der Waals surface area (Å²) in [6.07, 6.45) is 1.31. The second-order valence-corrected chi connectivity index (χ2v) is 5.93. The smallest absolute Gasteiger partial charge is 0.310 e. The summed E-state index contributed by atoms with van der Waals surface area (Å²) in [5.41, 5.74) is 0.998. The van der Waals surface area contributed by atoms with Crippen LogP contribution in [0.3, 0.4) is 0 Å². The Morgan fingerprint density at radius 1 is 1.04 bits per heavy atom. The van der Waals surface area contributed by atoms with Crippen molar-refractivity contribution in [1.29, 1.82) is 0 Å². The molecule has 0 atom stereocenters. The largest absolute Gasteiger partial charge is 0.497 e. The number of methoxy groups -OCH3 is 1. The Morgan fingerprint density at radius 2 is 1.71 bits per heavy atom. The summed E-state index contributed by atoms with van der Waals surface area (Å²) in [6.45, 7) is 0. The third kappa shape index (κ3) is 3.09.